The van der Waals surface area contributed by atoms with E-state index in [0.717, 1.165) is 32.6 Å². The molecule has 1 unspecified atom stereocenters. The summed E-state index contributed by atoms with van der Waals surface area (Å²) in [4.78, 5) is 29.8. The van der Waals surface area contributed by atoms with Crippen molar-refractivity contribution >= 4 is 27.5 Å². The summed E-state index contributed by atoms with van der Waals surface area (Å²) in [5.41, 5.74) is 2.51. The van der Waals surface area contributed by atoms with Gasteiger partial charge < -0.3 is 10.2 Å². The van der Waals surface area contributed by atoms with E-state index in [-0.39, 0.29) is 29.5 Å². The van der Waals surface area contributed by atoms with Crippen molar-refractivity contribution in [3.63, 3.8) is 0 Å². The largest absolute Gasteiger partial charge is 0.350 e. The number of carbonyl (C=O) groups excluding carboxylic acids is 2. The Kier molecular flexibility index (Phi) is 10.4. The summed E-state index contributed by atoms with van der Waals surface area (Å²) >= 11 is 0. The number of carbonyl (C=O) groups is 2. The Bertz CT molecular complexity index is 1740. The van der Waals surface area contributed by atoms with Crippen LogP contribution in [0.3, 0.4) is 0 Å². The molecule has 9 heteroatoms. The minimum absolute atomic E-state index is 0.0380. The van der Waals surface area contributed by atoms with Gasteiger partial charge in [0, 0.05) is 18.5 Å². The quantitative estimate of drug-likeness (QED) is 0.214. The Morgan fingerprint density at radius 1 is 0.822 bits per heavy atom. The lowest BCUT2D eigenvalue weighted by Crippen LogP contribution is -2.56. The average molecular weight is 630 g/mol. The maximum atomic E-state index is 15.3. The smallest absolute Gasteiger partial charge is 0.264 e. The van der Waals surface area contributed by atoms with Crippen LogP contribution in [-0.4, -0.2) is 43.3 Å². The Balaban J connectivity index is 1.84. The van der Waals surface area contributed by atoms with E-state index in [1.165, 1.54) is 35.2 Å². The van der Waals surface area contributed by atoms with E-state index in [0.29, 0.717) is 0 Å². The van der Waals surface area contributed by atoms with Crippen LogP contribution in [0.1, 0.15) is 43.0 Å². The number of nitrogens with zero attached hydrogens (tertiary/aromatic N) is 2. The summed E-state index contributed by atoms with van der Waals surface area (Å²) in [7, 11) is -4.39. The van der Waals surface area contributed by atoms with Gasteiger partial charge in [-0.25, -0.2) is 12.8 Å². The Morgan fingerprint density at radius 2 is 1.42 bits per heavy atom. The molecule has 0 saturated heterocycles. The topological polar surface area (TPSA) is 86.8 Å². The summed E-state index contributed by atoms with van der Waals surface area (Å²) in [6, 6.07) is 27.4. The molecule has 1 atom stereocenters. The molecule has 0 radical (unpaired) electrons. The SMILES string of the molecule is Cc1ccc(S(=O)(=O)N(CC(=O)N(Cc2ccccc2C)C(Cc2ccccc2)C(=O)NC(C)(C)C)c2ccccc2F)cc1. The number of halogens is 1. The van der Waals surface area contributed by atoms with Gasteiger partial charge in [-0.05, 0) is 75.6 Å². The highest BCUT2D eigenvalue weighted by Crippen LogP contribution is 2.28. The Labute approximate surface area is 265 Å². The van der Waals surface area contributed by atoms with Crippen molar-refractivity contribution in [1.29, 1.82) is 0 Å². The van der Waals surface area contributed by atoms with Gasteiger partial charge in [0.2, 0.25) is 11.8 Å². The monoisotopic (exact) mass is 629 g/mol. The first-order valence-electron chi connectivity index (χ1n) is 14.8. The lowest BCUT2D eigenvalue weighted by molar-refractivity contribution is -0.140. The fourth-order valence-electron chi connectivity index (χ4n) is 4.98. The summed E-state index contributed by atoms with van der Waals surface area (Å²) in [5.74, 6) is -1.83. The standard InChI is InChI=1S/C36H40FN3O4S/c1-26-19-21-30(22-20-26)45(43,44)40(32-18-12-11-17-31(32)37)25-34(41)39(24-29-16-10-9-13-27(29)2)33(35(42)38-36(3,4)5)23-28-14-7-6-8-15-28/h6-22,33H,23-25H2,1-5H3,(H,38,42). The molecule has 0 aromatic heterocycles. The van der Waals surface area contributed by atoms with Crippen LogP contribution >= 0.6 is 0 Å². The summed E-state index contributed by atoms with van der Waals surface area (Å²) in [6.45, 7) is 8.61. The maximum absolute atomic E-state index is 15.3. The van der Waals surface area contributed by atoms with Crippen molar-refractivity contribution in [2.24, 2.45) is 0 Å². The number of benzene rings is 4. The van der Waals surface area contributed by atoms with Gasteiger partial charge in [-0.1, -0.05) is 84.4 Å². The highest BCUT2D eigenvalue weighted by Gasteiger charge is 2.36. The molecule has 0 spiro atoms. The van der Waals surface area contributed by atoms with Crippen LogP contribution in [0, 0.1) is 19.7 Å². The van der Waals surface area contributed by atoms with Crippen LogP contribution in [-0.2, 0) is 32.6 Å². The predicted octanol–water partition coefficient (Wildman–Crippen LogP) is 6.19. The van der Waals surface area contributed by atoms with E-state index in [2.05, 4.69) is 5.32 Å². The van der Waals surface area contributed by atoms with Gasteiger partial charge in [0.15, 0.2) is 0 Å². The second-order valence-corrected chi connectivity index (χ2v) is 14.0. The molecule has 0 fully saturated rings. The lowest BCUT2D eigenvalue weighted by Gasteiger charge is -2.35. The third-order valence-electron chi connectivity index (χ3n) is 7.38. The van der Waals surface area contributed by atoms with Crippen molar-refractivity contribution in [3.05, 3.63) is 131 Å². The molecule has 0 aliphatic rings. The summed E-state index contributed by atoms with van der Waals surface area (Å²) in [5, 5.41) is 3.01. The van der Waals surface area contributed by atoms with E-state index >= 15 is 4.39 Å². The molecule has 2 amide bonds. The molecule has 4 rings (SSSR count). The van der Waals surface area contributed by atoms with Crippen molar-refractivity contribution in [3.8, 4) is 0 Å². The molecule has 0 bridgehead atoms. The van der Waals surface area contributed by atoms with E-state index in [1.54, 1.807) is 12.1 Å². The van der Waals surface area contributed by atoms with E-state index in [1.807, 2.05) is 89.2 Å². The molecule has 7 nitrogen and oxygen atoms in total. The number of para-hydroxylation sites is 1. The molecular weight excluding hydrogens is 589 g/mol. The Hall–Kier alpha value is -4.50. The number of amides is 2. The minimum atomic E-state index is -4.39. The van der Waals surface area contributed by atoms with E-state index in [4.69, 9.17) is 0 Å². The molecule has 1 N–H and O–H groups in total. The maximum Gasteiger partial charge on any atom is 0.264 e. The molecular formula is C36H40FN3O4S. The summed E-state index contributed by atoms with van der Waals surface area (Å²) < 4.78 is 44.2. The number of hydrogen-bond donors (Lipinski definition) is 1. The highest BCUT2D eigenvalue weighted by molar-refractivity contribution is 7.92. The number of hydrogen-bond acceptors (Lipinski definition) is 4. The molecule has 0 aliphatic heterocycles. The molecule has 4 aromatic carbocycles. The van der Waals surface area contributed by atoms with Crippen LogP contribution < -0.4 is 9.62 Å². The third kappa shape index (κ3) is 8.57. The Morgan fingerprint density at radius 3 is 2.04 bits per heavy atom. The van der Waals surface area contributed by atoms with Gasteiger partial charge in [0.25, 0.3) is 10.0 Å². The third-order valence-corrected chi connectivity index (χ3v) is 9.15. The van der Waals surface area contributed by atoms with Crippen LogP contribution in [0.25, 0.3) is 0 Å². The first-order valence-corrected chi connectivity index (χ1v) is 16.2. The number of anilines is 1. The normalized spacial score (nSPS) is 12.3. The van der Waals surface area contributed by atoms with Gasteiger partial charge in [-0.3, -0.25) is 13.9 Å². The van der Waals surface area contributed by atoms with Crippen LogP contribution in [0.5, 0.6) is 0 Å². The van der Waals surface area contributed by atoms with Crippen molar-refractivity contribution in [2.45, 2.75) is 64.1 Å². The molecule has 45 heavy (non-hydrogen) atoms. The van der Waals surface area contributed by atoms with Crippen molar-refractivity contribution in [2.75, 3.05) is 10.8 Å². The number of nitrogens with one attached hydrogen (secondary N) is 1. The van der Waals surface area contributed by atoms with Crippen molar-refractivity contribution < 1.29 is 22.4 Å². The van der Waals surface area contributed by atoms with E-state index in [9.17, 15) is 18.0 Å². The number of sulfonamides is 1. The zero-order valence-electron chi connectivity index (χ0n) is 26.3. The number of rotatable bonds is 11. The zero-order chi connectivity index (χ0) is 32.8. The molecule has 0 heterocycles. The second kappa shape index (κ2) is 14.1. The molecule has 0 aliphatic carbocycles. The second-order valence-electron chi connectivity index (χ2n) is 12.2. The van der Waals surface area contributed by atoms with E-state index < -0.39 is 39.9 Å². The predicted molar refractivity (Wildman–Crippen MR) is 176 cm³/mol. The summed E-state index contributed by atoms with van der Waals surface area (Å²) in [6.07, 6.45) is 0.185. The van der Waals surface area contributed by atoms with Gasteiger partial charge in [-0.2, -0.15) is 0 Å². The van der Waals surface area contributed by atoms with Gasteiger partial charge in [0.1, 0.15) is 18.4 Å². The van der Waals surface area contributed by atoms with Crippen LogP contribution in [0.2, 0.25) is 0 Å². The minimum Gasteiger partial charge on any atom is -0.350 e. The van der Waals surface area contributed by atoms with Gasteiger partial charge >= 0.3 is 0 Å². The van der Waals surface area contributed by atoms with Gasteiger partial charge in [-0.15, -0.1) is 0 Å². The lowest BCUT2D eigenvalue weighted by atomic mass is 10.00. The fourth-order valence-corrected chi connectivity index (χ4v) is 6.40. The fraction of sp³-hybridized carbons (Fsp3) is 0.278. The van der Waals surface area contributed by atoms with Crippen molar-refractivity contribution in [1.82, 2.24) is 10.2 Å². The molecule has 236 valence electrons. The molecule has 0 saturated carbocycles. The highest BCUT2D eigenvalue weighted by atomic mass is 32.2. The first kappa shape index (κ1) is 33.4. The first-order chi connectivity index (χ1) is 21.3. The molecule has 4 aromatic rings. The number of aryl methyl sites for hydroxylation is 2. The van der Waals surface area contributed by atoms with Crippen LogP contribution in [0.15, 0.2) is 108 Å². The zero-order valence-corrected chi connectivity index (χ0v) is 27.1. The average Bonchev–Trinajstić information content (AvgIpc) is 2.98. The van der Waals surface area contributed by atoms with Gasteiger partial charge in [0.05, 0.1) is 10.6 Å². The van der Waals surface area contributed by atoms with Crippen LogP contribution in [0.4, 0.5) is 10.1 Å².